The van der Waals surface area contributed by atoms with Gasteiger partial charge in [0.2, 0.25) is 6.67 Å². The molecule has 4 aliphatic rings. The van der Waals surface area contributed by atoms with E-state index >= 15 is 0 Å². The van der Waals surface area contributed by atoms with E-state index in [1.807, 2.05) is 53.6 Å². The fourth-order valence-corrected chi connectivity index (χ4v) is 13.1. The highest BCUT2D eigenvalue weighted by Gasteiger charge is 2.67. The molecule has 522 valence electrons. The summed E-state index contributed by atoms with van der Waals surface area (Å²) in [5.74, 6) is -8.59. The molecule has 2 aromatic carbocycles. The number of rotatable bonds is 37. The van der Waals surface area contributed by atoms with Crippen LogP contribution in [-0.4, -0.2) is 371 Å². The molecule has 4 saturated heterocycles. The van der Waals surface area contributed by atoms with Gasteiger partial charge in [0.15, 0.2) is 42.9 Å². The molecule has 35 heteroatoms. The number of hydrogen-bond donors (Lipinski definition) is 12. The molecule has 0 saturated carbocycles. The maximum Gasteiger partial charge on any atom is 0.361 e. The summed E-state index contributed by atoms with van der Waals surface area (Å²) in [5, 5.41) is 94.2. The van der Waals surface area contributed by atoms with Crippen LogP contribution in [0.15, 0.2) is 48.5 Å². The van der Waals surface area contributed by atoms with Gasteiger partial charge in [-0.3, -0.25) is 53.0 Å². The molecular formula is C59H92N13O20S2+3. The Morgan fingerprint density at radius 3 is 1.29 bits per heavy atom. The molecule has 4 aliphatic heterocycles. The van der Waals surface area contributed by atoms with Crippen molar-refractivity contribution in [2.45, 2.75) is 24.9 Å². The van der Waals surface area contributed by atoms with Crippen molar-refractivity contribution < 1.29 is 112 Å². The number of anilines is 2. The van der Waals surface area contributed by atoms with E-state index in [1.165, 1.54) is 0 Å². The van der Waals surface area contributed by atoms with Crippen molar-refractivity contribution in [3.05, 3.63) is 59.7 Å². The van der Waals surface area contributed by atoms with Crippen LogP contribution in [0.5, 0.6) is 0 Å². The molecule has 0 radical (unpaired) electrons. The lowest BCUT2D eigenvalue weighted by Gasteiger charge is -2.64. The monoisotopic (exact) mass is 1370 g/mol. The smallest absolute Gasteiger partial charge is 0.361 e. The number of aliphatic carboxylic acids is 8. The van der Waals surface area contributed by atoms with Crippen LogP contribution in [-0.2, 0) is 70.1 Å². The van der Waals surface area contributed by atoms with E-state index in [2.05, 4.69) is 21.3 Å². The van der Waals surface area contributed by atoms with E-state index in [0.29, 0.717) is 107 Å². The van der Waals surface area contributed by atoms with Gasteiger partial charge in [-0.1, -0.05) is 24.3 Å². The lowest BCUT2D eigenvalue weighted by Crippen LogP contribution is -2.91. The summed E-state index contributed by atoms with van der Waals surface area (Å²) < 4.78 is 22.4. The van der Waals surface area contributed by atoms with Gasteiger partial charge in [-0.2, -0.15) is 9.18 Å². The Hall–Kier alpha value is -6.94. The van der Waals surface area contributed by atoms with E-state index in [9.17, 15) is 79.2 Å². The first-order chi connectivity index (χ1) is 44.8. The summed E-state index contributed by atoms with van der Waals surface area (Å²) in [7, 11) is 0. The minimum absolute atomic E-state index is 0.108. The van der Waals surface area contributed by atoms with Crippen LogP contribution in [0, 0.1) is 0 Å². The molecule has 2 aromatic rings. The minimum Gasteiger partial charge on any atom is -0.480 e. The number of nitrogens with zero attached hydrogens (tertiary/aromatic N) is 9. The van der Waals surface area contributed by atoms with Crippen LogP contribution in [0.2, 0.25) is 0 Å². The highest BCUT2D eigenvalue weighted by atomic mass is 32.1. The van der Waals surface area contributed by atoms with E-state index in [1.54, 1.807) is 24.5 Å². The second kappa shape index (κ2) is 38.0. The van der Waals surface area contributed by atoms with Gasteiger partial charge in [-0.05, 0) is 66.2 Å². The number of nitrogens with one attached hydrogen (secondary N) is 4. The van der Waals surface area contributed by atoms with Gasteiger partial charge in [-0.15, -0.1) is 0 Å². The van der Waals surface area contributed by atoms with Crippen LogP contribution in [0.4, 0.5) is 11.4 Å². The second-order valence-electron chi connectivity index (χ2n) is 24.0. The third kappa shape index (κ3) is 25.7. The summed E-state index contributed by atoms with van der Waals surface area (Å²) >= 11 is 11.0. The van der Waals surface area contributed by atoms with Crippen molar-refractivity contribution in [2.24, 2.45) is 0 Å². The highest BCUT2D eigenvalue weighted by Crippen LogP contribution is 2.40. The summed E-state index contributed by atoms with van der Waals surface area (Å²) in [6, 6.07) is 14.0. The van der Waals surface area contributed by atoms with Crippen molar-refractivity contribution in [3.8, 4) is 0 Å². The van der Waals surface area contributed by atoms with E-state index < -0.39 is 53.8 Å². The average Bonchev–Trinajstić information content (AvgIpc) is 0.705. The molecule has 0 aromatic heterocycles. The second-order valence-corrected chi connectivity index (χ2v) is 24.8. The Labute approximate surface area is 555 Å². The fourth-order valence-electron chi connectivity index (χ4n) is 12.7. The normalized spacial score (nSPS) is 22.9. The number of ether oxygens (including phenoxy) is 4. The highest BCUT2D eigenvalue weighted by molar-refractivity contribution is 7.80. The van der Waals surface area contributed by atoms with Crippen molar-refractivity contribution >= 4 is 93.8 Å². The van der Waals surface area contributed by atoms with Gasteiger partial charge in [0.25, 0.3) is 0 Å². The van der Waals surface area contributed by atoms with Crippen molar-refractivity contribution in [1.29, 1.82) is 0 Å². The Morgan fingerprint density at radius 1 is 0.436 bits per heavy atom. The molecule has 5 unspecified atom stereocenters. The molecule has 0 aliphatic carbocycles. The number of benzene rings is 2. The zero-order valence-corrected chi connectivity index (χ0v) is 54.5. The average molecular weight is 1370 g/mol. The standard InChI is InChI=1S/C59H89N13O20S2/c73-50(74)34-64-11-12-65(35-51(75)76)15-16-68(38-54(81)82)48(33-67(14-13-64)37-53(79)80)31-44-1-5-46(6-2-44)62-58(93)60-9-23-89-25-27-91-29-30-92-28-26-90-24-10-61-59(94)63-47-7-3-45(4-8-47)32-49-39-72(42-57(87)88)20-18-66(36-52(77)78)17-19-71(41-56(85)86)22-21-70(49,40-55(83)84)43-69(71)72/h1-8,48-49H,9-43H2,(H9-3,60,61,62,63,73,74,75,76,77,78,79,80,81,82,83,84,85,86,87,88,93,94)/p+3. The van der Waals surface area contributed by atoms with Gasteiger partial charge in [0.05, 0.1) is 104 Å². The molecule has 94 heavy (non-hydrogen) atoms. The molecule has 2 bridgehead atoms. The summed E-state index contributed by atoms with van der Waals surface area (Å²) in [5.41, 5.74) is 3.09. The molecule has 0 spiro atoms. The van der Waals surface area contributed by atoms with Crippen molar-refractivity contribution in [1.82, 2.24) is 40.3 Å². The number of carboxylic acids is 8. The van der Waals surface area contributed by atoms with Gasteiger partial charge >= 0.3 is 47.8 Å². The minimum atomic E-state index is -1.10. The summed E-state index contributed by atoms with van der Waals surface area (Å²) in [6.45, 7) is 4.21. The number of thiocarbonyl (C=S) groups is 2. The quantitative estimate of drug-likeness (QED) is 0.0191. The van der Waals surface area contributed by atoms with E-state index in [0.717, 1.165) is 11.1 Å². The molecular weight excluding hydrogens is 1270 g/mol. The Morgan fingerprint density at radius 2 is 0.830 bits per heavy atom. The van der Waals surface area contributed by atoms with E-state index in [4.69, 9.17) is 43.4 Å². The topological polar surface area (TPSA) is 403 Å². The maximum absolute atomic E-state index is 12.6. The van der Waals surface area contributed by atoms with Crippen LogP contribution in [0.3, 0.4) is 0 Å². The lowest BCUT2D eigenvalue weighted by atomic mass is 9.98. The maximum atomic E-state index is 12.6. The van der Waals surface area contributed by atoms with Crippen LogP contribution >= 0.6 is 24.4 Å². The number of carbonyl (C=O) groups is 8. The lowest BCUT2D eigenvalue weighted by molar-refractivity contribution is -1.31. The predicted molar refractivity (Wildman–Crippen MR) is 344 cm³/mol. The first-order valence-corrected chi connectivity index (χ1v) is 32.0. The largest absolute Gasteiger partial charge is 0.480 e. The SMILES string of the molecule is O=C(O)CN1CCN(CC(=O)O)CCN(CC(=O)O)C(Cc2ccc(NC(=S)NCCOCCOCCOCCOCCNC(=S)Nc3ccc(CC4C[N+]5(CC(=O)O)CCN(CC(=O)O)CC[N+]6(CC(=O)O)CC[N+]4(CC(=O)O)CN65)cc3)cc2)CN(CC(=O)O)CC1. The van der Waals surface area contributed by atoms with Crippen LogP contribution < -0.4 is 21.3 Å². The zero-order chi connectivity index (χ0) is 68.3. The number of quaternary nitrogens is 3. The number of fused-ring (bicyclic) bond motifs is 1. The predicted octanol–water partition coefficient (Wildman–Crippen LogP) is -2.37. The molecule has 4 fully saturated rings. The van der Waals surface area contributed by atoms with E-state index in [-0.39, 0.29) is 164 Å². The van der Waals surface area contributed by atoms with Crippen molar-refractivity contribution in [3.63, 3.8) is 0 Å². The first-order valence-electron chi connectivity index (χ1n) is 31.2. The molecule has 33 nitrogen and oxygen atoms in total. The molecule has 6 rings (SSSR count). The Kier molecular flexibility index (Phi) is 30.7. The fraction of sp³-hybridized carbons (Fsp3) is 0.627. The van der Waals surface area contributed by atoms with Crippen LogP contribution in [0.25, 0.3) is 0 Å². The molecule has 5 atom stereocenters. The number of carboxylic acid groups (broad SMARTS) is 8. The first kappa shape index (κ1) is 76.1. The van der Waals surface area contributed by atoms with Gasteiger partial charge < -0.3 is 81.1 Å². The van der Waals surface area contributed by atoms with Gasteiger partial charge in [0.1, 0.15) is 25.7 Å². The molecule has 0 amide bonds. The van der Waals surface area contributed by atoms with Gasteiger partial charge in [-0.25, -0.2) is 14.4 Å². The molecule has 4 heterocycles. The molecule has 12 N–H and O–H groups in total. The summed E-state index contributed by atoms with van der Waals surface area (Å²) in [6.07, 6.45) is 0.734. The Bertz CT molecular complexity index is 2880. The summed E-state index contributed by atoms with van der Waals surface area (Å²) in [4.78, 5) is 105. The zero-order valence-electron chi connectivity index (χ0n) is 52.8. The third-order valence-corrected chi connectivity index (χ3v) is 17.6. The van der Waals surface area contributed by atoms with Gasteiger partial charge in [0, 0.05) is 82.7 Å². The Balaban J connectivity index is 0.837. The third-order valence-electron chi connectivity index (χ3n) is 17.1. The van der Waals surface area contributed by atoms with Crippen molar-refractivity contribution in [2.75, 3.05) is 227 Å². The van der Waals surface area contributed by atoms with Crippen LogP contribution in [0.1, 0.15) is 11.1 Å². The number of hydrogen-bond acceptors (Lipinski definition) is 20.